The van der Waals surface area contributed by atoms with E-state index in [0.29, 0.717) is 0 Å². The Balaban J connectivity index is 0.00000218. The molecule has 0 aliphatic carbocycles. The van der Waals surface area contributed by atoms with Crippen molar-refractivity contribution in [2.24, 2.45) is 0 Å². The van der Waals surface area contributed by atoms with E-state index in [-0.39, 0.29) is 24.8 Å². The van der Waals surface area contributed by atoms with Crippen LogP contribution in [0.25, 0.3) is 32.6 Å². The van der Waals surface area contributed by atoms with Gasteiger partial charge < -0.3 is 42.6 Å². The molecule has 0 amide bonds. The number of benzene rings is 2. The molecule has 4 aromatic rings. The van der Waals surface area contributed by atoms with E-state index in [1.165, 1.54) is 0 Å². The number of aromatic hydroxyl groups is 1. The number of aliphatic hydroxyl groups excluding tert-OH is 3. The van der Waals surface area contributed by atoms with Crippen LogP contribution in [0.1, 0.15) is 17.4 Å². The standard InChI is InChI=1S/C22H22N2O5.ClH/c1-10-15-8-24(22-21(28)20(27)17(9-25)29-22)6-5-13(15)11(2)19-18(10)14-7-12(26)3-4-16(14)23-19;/h3-8,17,20-22,25-28H,9H2,1-2H3;1H. The maximum Gasteiger partial charge on any atom is 0.292 e. The number of phenols is 1. The SMILES string of the molecule is Cc1c2cc[n+](C3OC(CO)C(O)C3O)cc2c(C)c2c1[nH]c1ccc(O)cc12.[Cl-]. The van der Waals surface area contributed by atoms with Gasteiger partial charge in [0.25, 0.3) is 6.23 Å². The van der Waals surface area contributed by atoms with Crippen molar-refractivity contribution in [2.45, 2.75) is 38.4 Å². The molecule has 5 rings (SSSR count). The third kappa shape index (κ3) is 2.85. The minimum atomic E-state index is -1.14. The number of aromatic amines is 1. The smallest absolute Gasteiger partial charge is 0.292 e. The number of nitrogens with one attached hydrogen (secondary N) is 1. The van der Waals surface area contributed by atoms with Crippen molar-refractivity contribution in [3.05, 3.63) is 47.8 Å². The van der Waals surface area contributed by atoms with Crippen molar-refractivity contribution >= 4 is 32.6 Å². The van der Waals surface area contributed by atoms with Crippen LogP contribution in [-0.2, 0) is 4.74 Å². The number of aryl methyl sites for hydroxylation is 2. The van der Waals surface area contributed by atoms with E-state index >= 15 is 0 Å². The van der Waals surface area contributed by atoms with E-state index in [1.807, 2.05) is 31.5 Å². The molecule has 7 nitrogen and oxygen atoms in total. The largest absolute Gasteiger partial charge is 1.00 e. The lowest BCUT2D eigenvalue weighted by Crippen LogP contribution is -3.00. The lowest BCUT2D eigenvalue weighted by Gasteiger charge is -2.12. The molecule has 30 heavy (non-hydrogen) atoms. The molecule has 2 aromatic heterocycles. The average molecular weight is 431 g/mol. The summed E-state index contributed by atoms with van der Waals surface area (Å²) in [6.45, 7) is 3.72. The van der Waals surface area contributed by atoms with Crippen molar-refractivity contribution in [1.82, 2.24) is 4.98 Å². The summed E-state index contributed by atoms with van der Waals surface area (Å²) in [5, 5.41) is 43.8. The predicted octanol–water partition coefficient (Wildman–Crippen LogP) is -1.30. The highest BCUT2D eigenvalue weighted by molar-refractivity contribution is 6.16. The number of H-pyrrole nitrogens is 1. The second-order valence-electron chi connectivity index (χ2n) is 7.80. The van der Waals surface area contributed by atoms with Gasteiger partial charge in [-0.25, -0.2) is 0 Å². The summed E-state index contributed by atoms with van der Waals surface area (Å²) < 4.78 is 7.40. The van der Waals surface area contributed by atoms with Crippen molar-refractivity contribution in [3.63, 3.8) is 0 Å². The van der Waals surface area contributed by atoms with Crippen LogP contribution in [0.2, 0.25) is 0 Å². The zero-order valence-electron chi connectivity index (χ0n) is 16.5. The zero-order valence-corrected chi connectivity index (χ0v) is 17.3. The molecule has 0 bridgehead atoms. The zero-order chi connectivity index (χ0) is 20.4. The first-order chi connectivity index (χ1) is 13.9. The number of fused-ring (bicyclic) bond motifs is 4. The molecule has 1 saturated heterocycles. The number of aromatic nitrogens is 2. The quantitative estimate of drug-likeness (QED) is 0.254. The van der Waals surface area contributed by atoms with Crippen LogP contribution in [0.4, 0.5) is 0 Å². The molecule has 4 unspecified atom stereocenters. The van der Waals surface area contributed by atoms with E-state index < -0.39 is 24.5 Å². The van der Waals surface area contributed by atoms with E-state index in [0.717, 1.165) is 43.7 Å². The Hall–Kier alpha value is -2.42. The van der Waals surface area contributed by atoms with E-state index in [9.17, 15) is 20.4 Å². The number of aliphatic hydroxyl groups is 3. The highest BCUT2D eigenvalue weighted by atomic mass is 35.5. The Morgan fingerprint density at radius 3 is 2.50 bits per heavy atom. The molecule has 1 aliphatic rings. The van der Waals surface area contributed by atoms with E-state index in [4.69, 9.17) is 4.74 Å². The lowest BCUT2D eigenvalue weighted by atomic mass is 9.97. The fourth-order valence-electron chi connectivity index (χ4n) is 4.54. The highest BCUT2D eigenvalue weighted by Crippen LogP contribution is 2.37. The molecule has 4 atom stereocenters. The van der Waals surface area contributed by atoms with Crippen LogP contribution in [-0.4, -0.2) is 50.3 Å². The van der Waals surface area contributed by atoms with Crippen LogP contribution >= 0.6 is 0 Å². The fourth-order valence-corrected chi connectivity index (χ4v) is 4.54. The molecule has 0 saturated carbocycles. The number of hydrogen-bond acceptors (Lipinski definition) is 5. The summed E-state index contributed by atoms with van der Waals surface area (Å²) in [6.07, 6.45) is -0.164. The molecule has 2 aromatic carbocycles. The van der Waals surface area contributed by atoms with E-state index in [2.05, 4.69) is 11.9 Å². The van der Waals surface area contributed by atoms with Crippen LogP contribution in [0.15, 0.2) is 36.7 Å². The van der Waals surface area contributed by atoms with Crippen molar-refractivity contribution in [2.75, 3.05) is 6.61 Å². The minimum absolute atomic E-state index is 0. The van der Waals surface area contributed by atoms with Crippen LogP contribution in [0.5, 0.6) is 5.75 Å². The first kappa shape index (κ1) is 20.8. The maximum absolute atomic E-state index is 10.4. The van der Waals surface area contributed by atoms with Gasteiger partial charge in [0.05, 0.1) is 12.1 Å². The molecule has 5 N–H and O–H groups in total. The molecular formula is C22H23ClN2O5. The van der Waals surface area contributed by atoms with Gasteiger partial charge in [-0.3, -0.25) is 0 Å². The van der Waals surface area contributed by atoms with Crippen LogP contribution < -0.4 is 17.0 Å². The predicted molar refractivity (Wildman–Crippen MR) is 108 cm³/mol. The molecule has 1 fully saturated rings. The van der Waals surface area contributed by atoms with Gasteiger partial charge in [0, 0.05) is 27.7 Å². The number of halogens is 1. The Labute approximate surface area is 178 Å². The number of rotatable bonds is 2. The summed E-state index contributed by atoms with van der Waals surface area (Å²) in [6, 6.07) is 7.26. The number of pyridine rings is 1. The third-order valence-corrected chi connectivity index (χ3v) is 6.13. The molecule has 8 heteroatoms. The van der Waals surface area contributed by atoms with Gasteiger partial charge in [0.15, 0.2) is 18.5 Å². The summed E-state index contributed by atoms with van der Waals surface area (Å²) in [7, 11) is 0. The molecule has 3 heterocycles. The highest BCUT2D eigenvalue weighted by Gasteiger charge is 2.48. The van der Waals surface area contributed by atoms with Crippen molar-refractivity contribution in [1.29, 1.82) is 0 Å². The number of hydrogen-bond donors (Lipinski definition) is 5. The average Bonchev–Trinajstić information content (AvgIpc) is 3.24. The minimum Gasteiger partial charge on any atom is -1.00 e. The van der Waals surface area contributed by atoms with Crippen molar-refractivity contribution < 1.29 is 42.1 Å². The normalized spacial score (nSPS) is 24.0. The fraction of sp³-hybridized carbons (Fsp3) is 0.318. The van der Waals surface area contributed by atoms with Gasteiger partial charge in [0.1, 0.15) is 18.0 Å². The van der Waals surface area contributed by atoms with Gasteiger partial charge >= 0.3 is 0 Å². The monoisotopic (exact) mass is 430 g/mol. The number of ether oxygens (including phenoxy) is 1. The van der Waals surface area contributed by atoms with Gasteiger partial charge in [-0.2, -0.15) is 4.57 Å². The second-order valence-corrected chi connectivity index (χ2v) is 7.80. The lowest BCUT2D eigenvalue weighted by molar-refractivity contribution is -0.764. The summed E-state index contributed by atoms with van der Waals surface area (Å²) in [4.78, 5) is 3.46. The molecular weight excluding hydrogens is 408 g/mol. The molecule has 158 valence electrons. The Bertz CT molecular complexity index is 1270. The topological polar surface area (TPSA) is 110 Å². The summed E-state index contributed by atoms with van der Waals surface area (Å²) >= 11 is 0. The third-order valence-electron chi connectivity index (χ3n) is 6.13. The van der Waals surface area contributed by atoms with E-state index in [1.54, 1.807) is 16.7 Å². The summed E-state index contributed by atoms with van der Waals surface area (Å²) in [5.74, 6) is 0.213. The maximum atomic E-state index is 10.4. The number of phenolic OH excluding ortho intramolecular Hbond substituents is 1. The van der Waals surface area contributed by atoms with Crippen LogP contribution in [0, 0.1) is 13.8 Å². The van der Waals surface area contributed by atoms with Gasteiger partial charge in [-0.1, -0.05) is 0 Å². The Kier molecular flexibility index (Phi) is 5.12. The van der Waals surface area contributed by atoms with Gasteiger partial charge in [-0.05, 0) is 48.6 Å². The van der Waals surface area contributed by atoms with Gasteiger partial charge in [0.2, 0.25) is 0 Å². The molecule has 0 spiro atoms. The summed E-state index contributed by atoms with van der Waals surface area (Å²) in [5.41, 5.74) is 4.11. The second kappa shape index (κ2) is 7.37. The molecule has 0 radical (unpaired) electrons. The molecule has 1 aliphatic heterocycles. The first-order valence-electron chi connectivity index (χ1n) is 9.61. The first-order valence-corrected chi connectivity index (χ1v) is 9.61. The van der Waals surface area contributed by atoms with Crippen molar-refractivity contribution in [3.8, 4) is 5.75 Å². The van der Waals surface area contributed by atoms with Crippen LogP contribution in [0.3, 0.4) is 0 Å². The number of nitrogens with zero attached hydrogens (tertiary/aromatic N) is 1. The Morgan fingerprint density at radius 2 is 1.80 bits per heavy atom. The Morgan fingerprint density at radius 1 is 1.03 bits per heavy atom. The van der Waals surface area contributed by atoms with Gasteiger partial charge in [-0.15, -0.1) is 0 Å².